The number of benzene rings is 2. The molecule has 1 heterocycles. The van der Waals surface area contributed by atoms with Crippen LogP contribution >= 0.6 is 0 Å². The zero-order chi connectivity index (χ0) is 20.3. The minimum atomic E-state index is -1.55. The largest absolute Gasteiger partial charge is 0.494 e. The van der Waals surface area contributed by atoms with Crippen molar-refractivity contribution in [1.29, 1.82) is 0 Å². The molecule has 0 aliphatic carbocycles. The zero-order valence-corrected chi connectivity index (χ0v) is 16.3. The zero-order valence-electron chi connectivity index (χ0n) is 15.5. The SMILES string of the molecule is CC(C)COC(=O)c1ccc2[nH]c(O)c(C=Nc3ccc(S(N)=O)cc3)c2c1. The van der Waals surface area contributed by atoms with Crippen LogP contribution in [0.4, 0.5) is 5.69 Å². The van der Waals surface area contributed by atoms with E-state index in [0.717, 1.165) is 0 Å². The summed E-state index contributed by atoms with van der Waals surface area (Å²) in [4.78, 5) is 19.9. The fourth-order valence-corrected chi connectivity index (χ4v) is 2.99. The number of fused-ring (bicyclic) bond motifs is 1. The number of aliphatic imine (C=N–C) groups is 1. The molecule has 0 radical (unpaired) electrons. The van der Waals surface area contributed by atoms with Crippen molar-refractivity contribution >= 4 is 39.8 Å². The number of aromatic amines is 1. The number of H-pyrrole nitrogens is 1. The van der Waals surface area contributed by atoms with E-state index in [4.69, 9.17) is 9.88 Å². The molecule has 0 saturated carbocycles. The van der Waals surface area contributed by atoms with Gasteiger partial charge in [-0.2, -0.15) is 0 Å². The van der Waals surface area contributed by atoms with Crippen LogP contribution in [0, 0.1) is 5.92 Å². The summed E-state index contributed by atoms with van der Waals surface area (Å²) in [6.07, 6.45) is 1.51. The molecule has 0 amide bonds. The molecular formula is C20H21N3O4S. The van der Waals surface area contributed by atoms with Gasteiger partial charge in [0.25, 0.3) is 0 Å². The number of aromatic nitrogens is 1. The number of nitrogens with two attached hydrogens (primary N) is 1. The first kappa shape index (κ1) is 19.8. The lowest BCUT2D eigenvalue weighted by Gasteiger charge is -2.07. The summed E-state index contributed by atoms with van der Waals surface area (Å²) in [5, 5.41) is 16.2. The number of nitrogens with one attached hydrogen (secondary N) is 1. The topological polar surface area (TPSA) is 118 Å². The first-order valence-corrected chi connectivity index (χ1v) is 9.88. The number of esters is 1. The molecule has 3 rings (SSSR count). The van der Waals surface area contributed by atoms with Crippen LogP contribution in [0.2, 0.25) is 0 Å². The molecule has 3 aromatic rings. The van der Waals surface area contributed by atoms with E-state index in [2.05, 4.69) is 9.98 Å². The number of ether oxygens (including phenoxy) is 1. The highest BCUT2D eigenvalue weighted by Crippen LogP contribution is 2.27. The van der Waals surface area contributed by atoms with Crippen LogP contribution in [0.25, 0.3) is 10.9 Å². The molecule has 8 heteroatoms. The highest BCUT2D eigenvalue weighted by atomic mass is 32.2. The van der Waals surface area contributed by atoms with Crippen molar-refractivity contribution in [3.05, 3.63) is 53.6 Å². The predicted molar refractivity (Wildman–Crippen MR) is 109 cm³/mol. The monoisotopic (exact) mass is 399 g/mol. The number of hydrogen-bond acceptors (Lipinski definition) is 5. The molecule has 0 fully saturated rings. The predicted octanol–water partition coefficient (Wildman–Crippen LogP) is 3.42. The van der Waals surface area contributed by atoms with Crippen molar-refractivity contribution in [1.82, 2.24) is 4.98 Å². The van der Waals surface area contributed by atoms with Crippen LogP contribution < -0.4 is 5.14 Å². The van der Waals surface area contributed by atoms with Crippen molar-refractivity contribution in [2.75, 3.05) is 6.61 Å². The van der Waals surface area contributed by atoms with E-state index in [0.29, 0.717) is 39.2 Å². The second-order valence-corrected chi connectivity index (χ2v) is 7.76. The number of hydrogen-bond donors (Lipinski definition) is 3. The molecule has 0 aliphatic rings. The van der Waals surface area contributed by atoms with E-state index >= 15 is 0 Å². The number of rotatable bonds is 6. The van der Waals surface area contributed by atoms with Gasteiger partial charge in [-0.3, -0.25) is 4.99 Å². The molecule has 1 unspecified atom stereocenters. The maximum absolute atomic E-state index is 12.2. The summed E-state index contributed by atoms with van der Waals surface area (Å²) < 4.78 is 16.5. The van der Waals surface area contributed by atoms with Gasteiger partial charge in [0.1, 0.15) is 11.0 Å². The maximum atomic E-state index is 12.2. The third kappa shape index (κ3) is 4.47. The summed E-state index contributed by atoms with van der Waals surface area (Å²) in [7, 11) is -1.55. The smallest absolute Gasteiger partial charge is 0.338 e. The second kappa shape index (κ2) is 8.37. The van der Waals surface area contributed by atoms with Crippen molar-refractivity contribution < 1.29 is 18.8 Å². The minimum Gasteiger partial charge on any atom is -0.494 e. The van der Waals surface area contributed by atoms with Gasteiger partial charge in [0.2, 0.25) is 0 Å². The van der Waals surface area contributed by atoms with Crippen LogP contribution in [0.5, 0.6) is 5.88 Å². The Kier molecular flexibility index (Phi) is 5.91. The molecule has 7 nitrogen and oxygen atoms in total. The van der Waals surface area contributed by atoms with Gasteiger partial charge in [-0.25, -0.2) is 14.1 Å². The van der Waals surface area contributed by atoms with E-state index in [1.807, 2.05) is 13.8 Å². The number of aromatic hydroxyl groups is 1. The number of carbonyl (C=O) groups is 1. The molecule has 0 spiro atoms. The Balaban J connectivity index is 1.89. The fourth-order valence-electron chi connectivity index (χ4n) is 2.59. The van der Waals surface area contributed by atoms with Crippen molar-refractivity contribution in [2.45, 2.75) is 18.7 Å². The molecule has 28 heavy (non-hydrogen) atoms. The fraction of sp³-hybridized carbons (Fsp3) is 0.200. The first-order valence-electron chi connectivity index (χ1n) is 8.67. The highest BCUT2D eigenvalue weighted by Gasteiger charge is 2.14. The highest BCUT2D eigenvalue weighted by molar-refractivity contribution is 7.82. The van der Waals surface area contributed by atoms with Gasteiger partial charge in [0.05, 0.1) is 28.3 Å². The van der Waals surface area contributed by atoms with Crippen molar-refractivity contribution in [2.24, 2.45) is 16.0 Å². The van der Waals surface area contributed by atoms with Gasteiger partial charge in [-0.15, -0.1) is 0 Å². The summed E-state index contributed by atoms with van der Waals surface area (Å²) in [5.74, 6) is -0.217. The van der Waals surface area contributed by atoms with E-state index in [-0.39, 0.29) is 11.8 Å². The van der Waals surface area contributed by atoms with Crippen LogP contribution in [0.1, 0.15) is 29.8 Å². The Labute approximate surface area is 164 Å². The Morgan fingerprint density at radius 2 is 2.00 bits per heavy atom. The Bertz CT molecular complexity index is 1060. The van der Waals surface area contributed by atoms with Crippen molar-refractivity contribution in [3.63, 3.8) is 0 Å². The summed E-state index contributed by atoms with van der Waals surface area (Å²) in [6, 6.07) is 11.6. The lowest BCUT2D eigenvalue weighted by atomic mass is 10.1. The average Bonchev–Trinajstić information content (AvgIpc) is 2.99. The van der Waals surface area contributed by atoms with Crippen LogP contribution in [0.3, 0.4) is 0 Å². The lowest BCUT2D eigenvalue weighted by molar-refractivity contribution is 0.0459. The van der Waals surface area contributed by atoms with E-state index in [1.54, 1.807) is 42.5 Å². The van der Waals surface area contributed by atoms with Gasteiger partial charge in [0.15, 0.2) is 5.88 Å². The van der Waals surface area contributed by atoms with Gasteiger partial charge in [-0.1, -0.05) is 13.8 Å². The van der Waals surface area contributed by atoms with Gasteiger partial charge < -0.3 is 14.8 Å². The third-order valence-corrected chi connectivity index (χ3v) is 4.75. The Hall–Kier alpha value is -2.97. The van der Waals surface area contributed by atoms with Gasteiger partial charge in [-0.05, 0) is 48.4 Å². The number of nitrogens with zero attached hydrogens (tertiary/aromatic N) is 1. The quantitative estimate of drug-likeness (QED) is 0.435. The molecule has 4 N–H and O–H groups in total. The molecule has 0 aliphatic heterocycles. The third-order valence-electron chi connectivity index (χ3n) is 4.01. The molecule has 1 atom stereocenters. The second-order valence-electron chi connectivity index (χ2n) is 6.69. The first-order chi connectivity index (χ1) is 13.3. The van der Waals surface area contributed by atoms with Gasteiger partial charge >= 0.3 is 5.97 Å². The molecule has 0 bridgehead atoms. The molecular weight excluding hydrogens is 378 g/mol. The standard InChI is InChI=1S/C20H21N3O4S/c1-12(2)11-27-20(25)13-3-8-18-16(9-13)17(19(24)23-18)10-22-14-4-6-15(7-5-14)28(21)26/h3-10,12,23-24H,11,21H2,1-2H3. The van der Waals surface area contributed by atoms with Crippen LogP contribution in [-0.4, -0.2) is 33.1 Å². The lowest BCUT2D eigenvalue weighted by Crippen LogP contribution is -2.10. The Morgan fingerprint density at radius 3 is 2.64 bits per heavy atom. The molecule has 146 valence electrons. The van der Waals surface area contributed by atoms with Crippen LogP contribution in [-0.2, 0) is 15.7 Å². The minimum absolute atomic E-state index is 0.0499. The van der Waals surface area contributed by atoms with Crippen molar-refractivity contribution in [3.8, 4) is 5.88 Å². The van der Waals surface area contributed by atoms with E-state index < -0.39 is 17.0 Å². The normalized spacial score (nSPS) is 12.7. The van der Waals surface area contributed by atoms with Gasteiger partial charge in [0, 0.05) is 17.1 Å². The summed E-state index contributed by atoms with van der Waals surface area (Å²) >= 11 is 0. The maximum Gasteiger partial charge on any atom is 0.338 e. The number of carbonyl (C=O) groups excluding carboxylic acids is 1. The Morgan fingerprint density at radius 1 is 1.29 bits per heavy atom. The summed E-state index contributed by atoms with van der Waals surface area (Å²) in [5.41, 5.74) is 2.14. The molecule has 0 saturated heterocycles. The average molecular weight is 399 g/mol. The van der Waals surface area contributed by atoms with Crippen LogP contribution in [0.15, 0.2) is 52.4 Å². The molecule has 2 aromatic carbocycles. The van der Waals surface area contributed by atoms with E-state index in [9.17, 15) is 14.1 Å². The van der Waals surface area contributed by atoms with E-state index in [1.165, 1.54) is 6.21 Å². The molecule has 1 aromatic heterocycles. The summed E-state index contributed by atoms with van der Waals surface area (Å²) in [6.45, 7) is 4.27.